The molecule has 6 nitrogen and oxygen atoms in total. The van der Waals surface area contributed by atoms with Gasteiger partial charge in [-0.3, -0.25) is 9.59 Å². The molecule has 6 heteroatoms. The van der Waals surface area contributed by atoms with E-state index in [1.54, 1.807) is 49.6 Å². The van der Waals surface area contributed by atoms with Crippen LogP contribution < -0.4 is 10.1 Å². The van der Waals surface area contributed by atoms with E-state index in [-0.39, 0.29) is 25.5 Å². The highest BCUT2D eigenvalue weighted by molar-refractivity contribution is 5.91. The Labute approximate surface area is 158 Å². The van der Waals surface area contributed by atoms with Gasteiger partial charge in [-0.25, -0.2) is 0 Å². The maximum Gasteiger partial charge on any atom is 0.307 e. The van der Waals surface area contributed by atoms with Crippen molar-refractivity contribution in [1.82, 2.24) is 5.32 Å². The smallest absolute Gasteiger partial charge is 0.307 e. The largest absolute Gasteiger partial charge is 0.497 e. The zero-order valence-electron chi connectivity index (χ0n) is 15.0. The lowest BCUT2D eigenvalue weighted by Crippen LogP contribution is -2.24. The number of nitrogens with zero attached hydrogens (tertiary/aromatic N) is 1. The minimum Gasteiger partial charge on any atom is -0.497 e. The molecule has 0 saturated carbocycles. The standard InChI is InChI=1S/C21H20N2O4/c1-26-19-9-6-16(7-10-19)8-11-20(24)23-13-12-21(25)27-15-18-4-2-17(14-22)3-5-18/h2-11H,12-13,15H2,1H3,(H,23,24)/b11-8+. The molecule has 1 N–H and O–H groups in total. The van der Waals surface area contributed by atoms with Crippen LogP contribution >= 0.6 is 0 Å². The van der Waals surface area contributed by atoms with Crippen LogP contribution in [0.3, 0.4) is 0 Å². The average Bonchev–Trinajstić information content (AvgIpc) is 2.71. The van der Waals surface area contributed by atoms with E-state index in [1.807, 2.05) is 18.2 Å². The maximum atomic E-state index is 11.8. The molecule has 138 valence electrons. The van der Waals surface area contributed by atoms with Crippen molar-refractivity contribution in [2.75, 3.05) is 13.7 Å². The first-order chi connectivity index (χ1) is 13.1. The zero-order chi connectivity index (χ0) is 19.5. The van der Waals surface area contributed by atoms with Crippen LogP contribution in [0.4, 0.5) is 0 Å². The van der Waals surface area contributed by atoms with Gasteiger partial charge >= 0.3 is 5.97 Å². The first-order valence-electron chi connectivity index (χ1n) is 8.35. The summed E-state index contributed by atoms with van der Waals surface area (Å²) in [7, 11) is 1.59. The Morgan fingerprint density at radius 3 is 2.44 bits per heavy atom. The quantitative estimate of drug-likeness (QED) is 0.575. The first kappa shape index (κ1) is 19.7. The lowest BCUT2D eigenvalue weighted by atomic mass is 10.2. The van der Waals surface area contributed by atoms with Gasteiger partial charge in [-0.2, -0.15) is 5.26 Å². The summed E-state index contributed by atoms with van der Waals surface area (Å²) in [5.74, 6) is 0.0561. The second-order valence-corrected chi connectivity index (χ2v) is 5.62. The molecule has 0 spiro atoms. The lowest BCUT2D eigenvalue weighted by Gasteiger charge is -2.05. The number of methoxy groups -OCH3 is 1. The minimum atomic E-state index is -0.404. The van der Waals surface area contributed by atoms with Crippen molar-refractivity contribution in [2.45, 2.75) is 13.0 Å². The summed E-state index contributed by atoms with van der Waals surface area (Å²) in [4.78, 5) is 23.5. The summed E-state index contributed by atoms with van der Waals surface area (Å²) < 4.78 is 10.2. The molecule has 0 radical (unpaired) electrons. The number of esters is 1. The highest BCUT2D eigenvalue weighted by atomic mass is 16.5. The summed E-state index contributed by atoms with van der Waals surface area (Å²) in [5, 5.41) is 11.4. The summed E-state index contributed by atoms with van der Waals surface area (Å²) >= 11 is 0. The van der Waals surface area contributed by atoms with Crippen LogP contribution in [-0.4, -0.2) is 25.5 Å². The van der Waals surface area contributed by atoms with Crippen molar-refractivity contribution in [3.8, 4) is 11.8 Å². The number of carbonyl (C=O) groups is 2. The zero-order valence-corrected chi connectivity index (χ0v) is 15.0. The van der Waals surface area contributed by atoms with Crippen molar-refractivity contribution in [1.29, 1.82) is 5.26 Å². The third kappa shape index (κ3) is 7.04. The lowest BCUT2D eigenvalue weighted by molar-refractivity contribution is -0.144. The fourth-order valence-electron chi connectivity index (χ4n) is 2.15. The van der Waals surface area contributed by atoms with Gasteiger partial charge in [-0.1, -0.05) is 24.3 Å². The van der Waals surface area contributed by atoms with Crippen LogP contribution in [0.2, 0.25) is 0 Å². The molecule has 1 amide bonds. The van der Waals surface area contributed by atoms with Gasteiger partial charge < -0.3 is 14.8 Å². The number of ether oxygens (including phenoxy) is 2. The highest BCUT2D eigenvalue weighted by Gasteiger charge is 2.04. The molecule has 2 aromatic rings. The molecule has 2 rings (SSSR count). The first-order valence-corrected chi connectivity index (χ1v) is 8.35. The Kier molecular flexibility index (Phi) is 7.61. The van der Waals surface area contributed by atoms with E-state index < -0.39 is 5.97 Å². The van der Waals surface area contributed by atoms with Crippen molar-refractivity contribution in [2.24, 2.45) is 0 Å². The van der Waals surface area contributed by atoms with E-state index in [9.17, 15) is 9.59 Å². The minimum absolute atomic E-state index is 0.0817. The van der Waals surface area contributed by atoms with E-state index in [2.05, 4.69) is 5.32 Å². The van der Waals surface area contributed by atoms with Crippen molar-refractivity contribution in [3.63, 3.8) is 0 Å². The molecule has 0 fully saturated rings. The van der Waals surface area contributed by atoms with Gasteiger partial charge in [0.05, 0.1) is 25.2 Å². The van der Waals surface area contributed by atoms with Gasteiger partial charge in [0.15, 0.2) is 0 Å². The molecule has 0 saturated heterocycles. The van der Waals surface area contributed by atoms with Crippen molar-refractivity contribution in [3.05, 3.63) is 71.3 Å². The van der Waals surface area contributed by atoms with Gasteiger partial charge in [-0.05, 0) is 41.5 Å². The van der Waals surface area contributed by atoms with Crippen LogP contribution in [0, 0.1) is 11.3 Å². The molecule has 0 bridgehead atoms. The normalized spacial score (nSPS) is 10.2. The SMILES string of the molecule is COc1ccc(/C=C/C(=O)NCCC(=O)OCc2ccc(C#N)cc2)cc1. The molecule has 0 aromatic heterocycles. The van der Waals surface area contributed by atoms with E-state index in [0.717, 1.165) is 16.9 Å². The molecular formula is C21H20N2O4. The molecule has 0 aliphatic heterocycles. The van der Waals surface area contributed by atoms with E-state index in [4.69, 9.17) is 14.7 Å². The summed E-state index contributed by atoms with van der Waals surface area (Å²) in [5.41, 5.74) is 2.22. The van der Waals surface area contributed by atoms with Gasteiger partial charge in [0, 0.05) is 12.6 Å². The number of hydrogen-bond acceptors (Lipinski definition) is 5. The molecule has 0 heterocycles. The fourth-order valence-corrected chi connectivity index (χ4v) is 2.15. The molecule has 2 aromatic carbocycles. The van der Waals surface area contributed by atoms with Gasteiger partial charge in [0.25, 0.3) is 0 Å². The van der Waals surface area contributed by atoms with E-state index in [1.165, 1.54) is 6.08 Å². The number of benzene rings is 2. The molecule has 0 aliphatic carbocycles. The fraction of sp³-hybridized carbons (Fsp3) is 0.190. The van der Waals surface area contributed by atoms with Crippen LogP contribution in [0.25, 0.3) is 6.08 Å². The Morgan fingerprint density at radius 1 is 1.11 bits per heavy atom. The van der Waals surface area contributed by atoms with E-state index >= 15 is 0 Å². The van der Waals surface area contributed by atoms with Crippen LogP contribution in [0.5, 0.6) is 5.75 Å². The second kappa shape index (κ2) is 10.4. The van der Waals surface area contributed by atoms with Crippen molar-refractivity contribution >= 4 is 18.0 Å². The predicted octanol–water partition coefficient (Wildman–Crippen LogP) is 2.83. The van der Waals surface area contributed by atoms with Gasteiger partial charge in [0.2, 0.25) is 5.91 Å². The highest BCUT2D eigenvalue weighted by Crippen LogP contribution is 2.12. The Balaban J connectivity index is 1.66. The van der Waals surface area contributed by atoms with Crippen LogP contribution in [0.1, 0.15) is 23.1 Å². The maximum absolute atomic E-state index is 11.8. The summed E-state index contributed by atoms with van der Waals surface area (Å²) in [6.45, 7) is 0.327. The number of rotatable bonds is 8. The summed E-state index contributed by atoms with van der Waals surface area (Å²) in [6.07, 6.45) is 3.17. The van der Waals surface area contributed by atoms with E-state index in [0.29, 0.717) is 5.56 Å². The van der Waals surface area contributed by atoms with Crippen LogP contribution in [-0.2, 0) is 20.9 Å². The van der Waals surface area contributed by atoms with Gasteiger partial charge in [0.1, 0.15) is 12.4 Å². The average molecular weight is 364 g/mol. The molecule has 0 atom stereocenters. The number of hydrogen-bond donors (Lipinski definition) is 1. The molecule has 27 heavy (non-hydrogen) atoms. The third-order valence-corrected chi connectivity index (χ3v) is 3.65. The number of amides is 1. The number of carbonyl (C=O) groups excluding carboxylic acids is 2. The third-order valence-electron chi connectivity index (χ3n) is 3.65. The van der Waals surface area contributed by atoms with Crippen LogP contribution in [0.15, 0.2) is 54.6 Å². The number of nitrogens with one attached hydrogen (secondary N) is 1. The van der Waals surface area contributed by atoms with Gasteiger partial charge in [-0.15, -0.1) is 0 Å². The summed E-state index contributed by atoms with van der Waals surface area (Å²) in [6, 6.07) is 16.1. The predicted molar refractivity (Wildman–Crippen MR) is 101 cm³/mol. The number of nitriles is 1. The second-order valence-electron chi connectivity index (χ2n) is 5.62. The Morgan fingerprint density at radius 2 is 1.81 bits per heavy atom. The molecule has 0 unspecified atom stereocenters. The monoisotopic (exact) mass is 364 g/mol. The van der Waals surface area contributed by atoms with Crippen molar-refractivity contribution < 1.29 is 19.1 Å². The molecular weight excluding hydrogens is 344 g/mol. The Hall–Kier alpha value is -3.59. The Bertz CT molecular complexity index is 834. The topological polar surface area (TPSA) is 88.4 Å². The molecule has 0 aliphatic rings.